The van der Waals surface area contributed by atoms with Crippen LogP contribution in [0, 0.1) is 11.8 Å². The van der Waals surface area contributed by atoms with Gasteiger partial charge in [-0.1, -0.05) is 39.5 Å². The van der Waals surface area contributed by atoms with Gasteiger partial charge in [-0.05, 0) is 50.6 Å². The van der Waals surface area contributed by atoms with Gasteiger partial charge in [-0.15, -0.1) is 0 Å². The third kappa shape index (κ3) is 3.48. The average molecular weight is 252 g/mol. The fourth-order valence-electron chi connectivity index (χ4n) is 3.84. The van der Waals surface area contributed by atoms with Crippen LogP contribution in [0.4, 0.5) is 0 Å². The highest BCUT2D eigenvalue weighted by Crippen LogP contribution is 2.38. The summed E-state index contributed by atoms with van der Waals surface area (Å²) in [7, 11) is 0. The number of rotatable bonds is 7. The maximum atomic E-state index is 6.21. The highest BCUT2D eigenvalue weighted by Gasteiger charge is 2.39. The van der Waals surface area contributed by atoms with E-state index >= 15 is 0 Å². The lowest BCUT2D eigenvalue weighted by Crippen LogP contribution is -2.56. The molecule has 0 aromatic heterocycles. The van der Waals surface area contributed by atoms with E-state index in [9.17, 15) is 0 Å². The topological polar surface area (TPSA) is 29.3 Å². The molecule has 2 aliphatic rings. The lowest BCUT2D eigenvalue weighted by molar-refractivity contribution is 0.0367. The van der Waals surface area contributed by atoms with Crippen molar-refractivity contribution in [1.29, 1.82) is 0 Å². The predicted molar refractivity (Wildman–Crippen MR) is 78.6 cm³/mol. The fraction of sp³-hybridized carbons (Fsp3) is 1.00. The monoisotopic (exact) mass is 252 g/mol. The van der Waals surface area contributed by atoms with E-state index in [1.165, 1.54) is 64.5 Å². The van der Waals surface area contributed by atoms with E-state index in [0.717, 1.165) is 18.4 Å². The van der Waals surface area contributed by atoms with Crippen LogP contribution in [0.2, 0.25) is 0 Å². The van der Waals surface area contributed by atoms with Crippen molar-refractivity contribution in [2.75, 3.05) is 19.6 Å². The maximum absolute atomic E-state index is 6.21. The molecular formula is C16H32N2. The zero-order valence-electron chi connectivity index (χ0n) is 12.5. The van der Waals surface area contributed by atoms with Crippen LogP contribution in [-0.2, 0) is 0 Å². The Hall–Kier alpha value is -0.0800. The molecule has 0 aliphatic heterocycles. The van der Waals surface area contributed by atoms with Gasteiger partial charge in [-0.3, -0.25) is 4.90 Å². The van der Waals surface area contributed by atoms with E-state index in [2.05, 4.69) is 18.7 Å². The molecule has 0 spiro atoms. The van der Waals surface area contributed by atoms with E-state index < -0.39 is 0 Å². The smallest absolute Gasteiger partial charge is 0.0334 e. The first kappa shape index (κ1) is 14.3. The van der Waals surface area contributed by atoms with Gasteiger partial charge in [0.15, 0.2) is 0 Å². The van der Waals surface area contributed by atoms with Gasteiger partial charge in [-0.25, -0.2) is 0 Å². The van der Waals surface area contributed by atoms with Gasteiger partial charge >= 0.3 is 0 Å². The first-order valence-corrected chi connectivity index (χ1v) is 8.15. The van der Waals surface area contributed by atoms with Crippen molar-refractivity contribution in [1.82, 2.24) is 4.90 Å². The molecule has 2 nitrogen and oxygen atoms in total. The molecule has 0 radical (unpaired) electrons. The van der Waals surface area contributed by atoms with Crippen LogP contribution in [-0.4, -0.2) is 30.1 Å². The van der Waals surface area contributed by atoms with E-state index in [4.69, 9.17) is 5.73 Å². The van der Waals surface area contributed by atoms with Crippen LogP contribution < -0.4 is 5.73 Å². The summed E-state index contributed by atoms with van der Waals surface area (Å²) < 4.78 is 0. The Bertz CT molecular complexity index is 249. The maximum Gasteiger partial charge on any atom is 0.0334 e. The van der Waals surface area contributed by atoms with Crippen LogP contribution in [0.1, 0.15) is 65.2 Å². The summed E-state index contributed by atoms with van der Waals surface area (Å²) in [4.78, 5) is 2.76. The molecule has 106 valence electrons. The van der Waals surface area contributed by atoms with Gasteiger partial charge in [0, 0.05) is 12.1 Å². The summed E-state index contributed by atoms with van der Waals surface area (Å²) in [6.07, 6.45) is 11.1. The number of nitrogens with two attached hydrogens (primary N) is 1. The minimum absolute atomic E-state index is 0.336. The largest absolute Gasteiger partial charge is 0.329 e. The molecule has 18 heavy (non-hydrogen) atoms. The molecule has 0 amide bonds. The van der Waals surface area contributed by atoms with Crippen molar-refractivity contribution in [2.24, 2.45) is 17.6 Å². The third-order valence-electron chi connectivity index (χ3n) is 5.12. The van der Waals surface area contributed by atoms with Crippen LogP contribution >= 0.6 is 0 Å². The zero-order chi connectivity index (χ0) is 13.0. The van der Waals surface area contributed by atoms with E-state index in [0.29, 0.717) is 5.54 Å². The second-order valence-electron chi connectivity index (χ2n) is 6.85. The molecule has 0 aromatic rings. The van der Waals surface area contributed by atoms with Crippen LogP contribution in [0.15, 0.2) is 0 Å². The van der Waals surface area contributed by atoms with Gasteiger partial charge in [0.05, 0.1) is 0 Å². The molecule has 0 saturated heterocycles. The molecular weight excluding hydrogens is 220 g/mol. The summed E-state index contributed by atoms with van der Waals surface area (Å²) in [6, 6.07) is 0. The molecule has 2 saturated carbocycles. The molecule has 2 rings (SSSR count). The first-order valence-electron chi connectivity index (χ1n) is 8.15. The quantitative estimate of drug-likeness (QED) is 0.752. The molecule has 2 heteroatoms. The Morgan fingerprint density at radius 1 is 1.22 bits per heavy atom. The van der Waals surface area contributed by atoms with E-state index in [1.54, 1.807) is 0 Å². The molecule has 0 heterocycles. The lowest BCUT2D eigenvalue weighted by atomic mass is 9.75. The van der Waals surface area contributed by atoms with E-state index in [-0.39, 0.29) is 0 Å². The molecule has 0 bridgehead atoms. The molecule has 2 fully saturated rings. The van der Waals surface area contributed by atoms with Gasteiger partial charge in [0.2, 0.25) is 0 Å². The normalized spacial score (nSPS) is 33.0. The van der Waals surface area contributed by atoms with Crippen LogP contribution in [0.3, 0.4) is 0 Å². The fourth-order valence-corrected chi connectivity index (χ4v) is 3.84. The van der Waals surface area contributed by atoms with Gasteiger partial charge in [-0.2, -0.15) is 0 Å². The Labute approximate surface area is 113 Å². The standard InChI is InChI=1S/C16H32N2/c1-3-10-18(11-8-15-6-7-15)16(13-17)9-4-5-14(2)12-16/h14-15H,3-13,17H2,1-2H3. The Kier molecular flexibility index (Phi) is 5.08. The second kappa shape index (κ2) is 6.38. The number of hydrogen-bond acceptors (Lipinski definition) is 2. The van der Waals surface area contributed by atoms with Crippen molar-refractivity contribution >= 4 is 0 Å². The molecule has 2 aliphatic carbocycles. The molecule has 2 atom stereocenters. The molecule has 2 N–H and O–H groups in total. The highest BCUT2D eigenvalue weighted by atomic mass is 15.2. The molecule has 0 aromatic carbocycles. The minimum atomic E-state index is 0.336. The lowest BCUT2D eigenvalue weighted by Gasteiger charge is -2.48. The zero-order valence-corrected chi connectivity index (χ0v) is 12.5. The van der Waals surface area contributed by atoms with Crippen molar-refractivity contribution < 1.29 is 0 Å². The van der Waals surface area contributed by atoms with E-state index in [1.807, 2.05) is 0 Å². The van der Waals surface area contributed by atoms with Crippen molar-refractivity contribution in [2.45, 2.75) is 70.8 Å². The van der Waals surface area contributed by atoms with Crippen molar-refractivity contribution in [3.05, 3.63) is 0 Å². The van der Waals surface area contributed by atoms with Crippen LogP contribution in [0.5, 0.6) is 0 Å². The average Bonchev–Trinajstić information content (AvgIpc) is 3.18. The Morgan fingerprint density at radius 3 is 2.56 bits per heavy atom. The van der Waals surface area contributed by atoms with Gasteiger partial charge in [0.25, 0.3) is 0 Å². The van der Waals surface area contributed by atoms with Crippen LogP contribution in [0.25, 0.3) is 0 Å². The second-order valence-corrected chi connectivity index (χ2v) is 6.85. The Morgan fingerprint density at radius 2 is 2.00 bits per heavy atom. The summed E-state index contributed by atoms with van der Waals surface area (Å²) in [5.74, 6) is 1.91. The molecule has 2 unspecified atom stereocenters. The third-order valence-corrected chi connectivity index (χ3v) is 5.12. The SMILES string of the molecule is CCCN(CCC1CC1)C1(CN)CCCC(C)C1. The summed E-state index contributed by atoms with van der Waals surface area (Å²) >= 11 is 0. The van der Waals surface area contributed by atoms with Gasteiger partial charge < -0.3 is 5.73 Å². The van der Waals surface area contributed by atoms with Crippen molar-refractivity contribution in [3.63, 3.8) is 0 Å². The summed E-state index contributed by atoms with van der Waals surface area (Å²) in [5, 5.41) is 0. The Balaban J connectivity index is 1.98. The predicted octanol–water partition coefficient (Wildman–Crippen LogP) is 3.41. The minimum Gasteiger partial charge on any atom is -0.329 e. The number of hydrogen-bond donors (Lipinski definition) is 1. The van der Waals surface area contributed by atoms with Gasteiger partial charge in [0.1, 0.15) is 0 Å². The highest BCUT2D eigenvalue weighted by molar-refractivity contribution is 4.96. The number of nitrogens with zero attached hydrogens (tertiary/aromatic N) is 1. The first-order chi connectivity index (χ1) is 8.70. The summed E-state index contributed by atoms with van der Waals surface area (Å²) in [6.45, 7) is 8.12. The van der Waals surface area contributed by atoms with Crippen molar-refractivity contribution in [3.8, 4) is 0 Å². The summed E-state index contributed by atoms with van der Waals surface area (Å²) in [5.41, 5.74) is 6.55.